The van der Waals surface area contributed by atoms with Gasteiger partial charge in [0.2, 0.25) is 11.8 Å². The van der Waals surface area contributed by atoms with Crippen LogP contribution in [0, 0.1) is 5.41 Å². The molecule has 0 aliphatic carbocycles. The van der Waals surface area contributed by atoms with Gasteiger partial charge in [-0.15, -0.1) is 13.2 Å². The highest BCUT2D eigenvalue weighted by molar-refractivity contribution is 5.98. The number of amides is 2. The molecule has 0 spiro atoms. The minimum atomic E-state index is -0.275. The van der Waals surface area contributed by atoms with E-state index in [9.17, 15) is 9.59 Å². The molecule has 1 rings (SSSR count). The number of allylic oxidation sites excluding steroid dienone is 2. The molecule has 0 unspecified atom stereocenters. The lowest BCUT2D eigenvalue weighted by Gasteiger charge is -2.34. The van der Waals surface area contributed by atoms with Crippen LogP contribution in [0.1, 0.15) is 25.7 Å². The van der Waals surface area contributed by atoms with Crippen LogP contribution in [0.2, 0.25) is 0 Å². The van der Waals surface area contributed by atoms with Crippen molar-refractivity contribution in [1.29, 1.82) is 0 Å². The van der Waals surface area contributed by atoms with Crippen LogP contribution < -0.4 is 5.32 Å². The normalized spacial score (nSPS) is 20.0. The summed E-state index contributed by atoms with van der Waals surface area (Å²) in [5.74, 6) is -0.380. The molecule has 0 aromatic rings. The second-order valence-corrected chi connectivity index (χ2v) is 3.81. The fourth-order valence-corrected chi connectivity index (χ4v) is 1.97. The van der Waals surface area contributed by atoms with Crippen LogP contribution >= 0.6 is 0 Å². The molecule has 0 aromatic carbocycles. The lowest BCUT2D eigenvalue weighted by Crippen LogP contribution is -2.44. The average molecular weight is 193 g/mol. The van der Waals surface area contributed by atoms with Crippen molar-refractivity contribution in [3.63, 3.8) is 0 Å². The summed E-state index contributed by atoms with van der Waals surface area (Å²) in [7, 11) is 0. The standard InChI is InChI=1S/C11H15NO2/c1-3-5-11(6-4-2)7-9(13)12-10(14)8-11/h3-4H,1-2,5-8H2,(H,12,13,14). The first-order valence-electron chi connectivity index (χ1n) is 4.66. The Balaban J connectivity index is 2.83. The monoisotopic (exact) mass is 193 g/mol. The third-order valence-electron chi connectivity index (χ3n) is 2.50. The van der Waals surface area contributed by atoms with E-state index in [2.05, 4.69) is 18.5 Å². The van der Waals surface area contributed by atoms with Crippen molar-refractivity contribution < 1.29 is 9.59 Å². The molecule has 1 N–H and O–H groups in total. The van der Waals surface area contributed by atoms with Crippen molar-refractivity contribution >= 4 is 11.8 Å². The maximum absolute atomic E-state index is 11.2. The van der Waals surface area contributed by atoms with Crippen molar-refractivity contribution in [1.82, 2.24) is 5.32 Å². The Morgan fingerprint density at radius 1 is 1.14 bits per heavy atom. The number of carbonyl (C=O) groups excluding carboxylic acids is 2. The molecule has 3 heteroatoms. The van der Waals surface area contributed by atoms with E-state index < -0.39 is 0 Å². The summed E-state index contributed by atoms with van der Waals surface area (Å²) in [4.78, 5) is 22.5. The fraction of sp³-hybridized carbons (Fsp3) is 0.455. The quantitative estimate of drug-likeness (QED) is 0.544. The van der Waals surface area contributed by atoms with E-state index in [4.69, 9.17) is 0 Å². The van der Waals surface area contributed by atoms with Gasteiger partial charge in [-0.25, -0.2) is 0 Å². The van der Waals surface area contributed by atoms with Crippen LogP contribution in [0.5, 0.6) is 0 Å². The molecule has 1 aliphatic rings. The van der Waals surface area contributed by atoms with Crippen LogP contribution in [0.15, 0.2) is 25.3 Å². The summed E-state index contributed by atoms with van der Waals surface area (Å²) < 4.78 is 0. The zero-order valence-electron chi connectivity index (χ0n) is 8.21. The zero-order chi connectivity index (χ0) is 10.6. The molecule has 1 fully saturated rings. The molecule has 76 valence electrons. The van der Waals surface area contributed by atoms with E-state index >= 15 is 0 Å². The Kier molecular flexibility index (Phi) is 3.23. The molecule has 1 heterocycles. The molecule has 0 radical (unpaired) electrons. The summed E-state index contributed by atoms with van der Waals surface area (Å²) in [6, 6.07) is 0. The Labute approximate surface area is 83.9 Å². The highest BCUT2D eigenvalue weighted by Crippen LogP contribution is 2.37. The van der Waals surface area contributed by atoms with Gasteiger partial charge in [-0.2, -0.15) is 0 Å². The number of rotatable bonds is 4. The van der Waals surface area contributed by atoms with Crippen molar-refractivity contribution in [3.8, 4) is 0 Å². The van der Waals surface area contributed by atoms with E-state index in [1.54, 1.807) is 12.2 Å². The van der Waals surface area contributed by atoms with Gasteiger partial charge < -0.3 is 0 Å². The van der Waals surface area contributed by atoms with Gasteiger partial charge in [-0.3, -0.25) is 14.9 Å². The molecule has 0 aromatic heterocycles. The summed E-state index contributed by atoms with van der Waals surface area (Å²) in [6.45, 7) is 7.31. The van der Waals surface area contributed by atoms with Crippen LogP contribution in [-0.4, -0.2) is 11.8 Å². The molecular formula is C11H15NO2. The Hall–Kier alpha value is -1.38. The average Bonchev–Trinajstić information content (AvgIpc) is 2.02. The smallest absolute Gasteiger partial charge is 0.227 e. The number of hydrogen-bond donors (Lipinski definition) is 1. The summed E-state index contributed by atoms with van der Waals surface area (Å²) in [5, 5.41) is 2.30. The van der Waals surface area contributed by atoms with Gasteiger partial charge in [0.1, 0.15) is 0 Å². The minimum Gasteiger partial charge on any atom is -0.296 e. The van der Waals surface area contributed by atoms with Crippen LogP contribution in [0.4, 0.5) is 0 Å². The molecule has 2 amide bonds. The van der Waals surface area contributed by atoms with Gasteiger partial charge in [-0.05, 0) is 18.3 Å². The highest BCUT2D eigenvalue weighted by atomic mass is 16.2. The van der Waals surface area contributed by atoms with Crippen LogP contribution in [-0.2, 0) is 9.59 Å². The number of nitrogens with one attached hydrogen (secondary N) is 1. The summed E-state index contributed by atoms with van der Waals surface area (Å²) in [5.41, 5.74) is -0.275. The Morgan fingerprint density at radius 3 is 1.93 bits per heavy atom. The lowest BCUT2D eigenvalue weighted by atomic mass is 9.73. The van der Waals surface area contributed by atoms with Gasteiger partial charge >= 0.3 is 0 Å². The third-order valence-corrected chi connectivity index (χ3v) is 2.50. The number of piperidine rings is 1. The van der Waals surface area contributed by atoms with Crippen LogP contribution in [0.3, 0.4) is 0 Å². The van der Waals surface area contributed by atoms with Crippen LogP contribution in [0.25, 0.3) is 0 Å². The minimum absolute atomic E-state index is 0.190. The first kappa shape index (κ1) is 10.7. The fourth-order valence-electron chi connectivity index (χ4n) is 1.97. The zero-order valence-corrected chi connectivity index (χ0v) is 8.21. The van der Waals surface area contributed by atoms with Crippen molar-refractivity contribution in [2.24, 2.45) is 5.41 Å². The molecule has 3 nitrogen and oxygen atoms in total. The van der Waals surface area contributed by atoms with E-state index in [-0.39, 0.29) is 17.2 Å². The molecule has 14 heavy (non-hydrogen) atoms. The van der Waals surface area contributed by atoms with Crippen molar-refractivity contribution in [3.05, 3.63) is 25.3 Å². The first-order valence-corrected chi connectivity index (χ1v) is 4.66. The Morgan fingerprint density at radius 2 is 1.57 bits per heavy atom. The molecule has 0 bridgehead atoms. The van der Waals surface area contributed by atoms with E-state index in [0.717, 1.165) is 0 Å². The molecular weight excluding hydrogens is 178 g/mol. The predicted octanol–water partition coefficient (Wildman–Crippen LogP) is 1.56. The number of carbonyl (C=O) groups is 2. The Bertz CT molecular complexity index is 253. The van der Waals surface area contributed by atoms with Gasteiger partial charge in [0.05, 0.1) is 0 Å². The lowest BCUT2D eigenvalue weighted by molar-refractivity contribution is -0.137. The summed E-state index contributed by atoms with van der Waals surface area (Å²) in [6.07, 6.45) is 5.65. The van der Waals surface area contributed by atoms with E-state index in [1.165, 1.54) is 0 Å². The second-order valence-electron chi connectivity index (χ2n) is 3.81. The largest absolute Gasteiger partial charge is 0.296 e. The van der Waals surface area contributed by atoms with Gasteiger partial charge in [0.25, 0.3) is 0 Å². The number of imide groups is 1. The van der Waals surface area contributed by atoms with E-state index in [0.29, 0.717) is 25.7 Å². The summed E-state index contributed by atoms with van der Waals surface area (Å²) >= 11 is 0. The van der Waals surface area contributed by atoms with Gasteiger partial charge in [-0.1, -0.05) is 12.2 Å². The second kappa shape index (κ2) is 4.22. The highest BCUT2D eigenvalue weighted by Gasteiger charge is 2.37. The molecule has 0 atom stereocenters. The van der Waals surface area contributed by atoms with Gasteiger partial charge in [0.15, 0.2) is 0 Å². The predicted molar refractivity (Wildman–Crippen MR) is 54.4 cm³/mol. The van der Waals surface area contributed by atoms with E-state index in [1.807, 2.05) is 0 Å². The number of hydrogen-bond acceptors (Lipinski definition) is 2. The molecule has 1 aliphatic heterocycles. The first-order chi connectivity index (χ1) is 6.62. The SMILES string of the molecule is C=CCC1(CC=C)CC(=O)NC(=O)C1. The molecule has 1 saturated heterocycles. The maximum Gasteiger partial charge on any atom is 0.227 e. The molecule has 0 saturated carbocycles. The van der Waals surface area contributed by atoms with Crippen molar-refractivity contribution in [2.75, 3.05) is 0 Å². The maximum atomic E-state index is 11.2. The van der Waals surface area contributed by atoms with Gasteiger partial charge in [0, 0.05) is 12.8 Å². The van der Waals surface area contributed by atoms with Crippen molar-refractivity contribution in [2.45, 2.75) is 25.7 Å². The topological polar surface area (TPSA) is 46.2 Å². The third kappa shape index (κ3) is 2.31.